The third-order valence-electron chi connectivity index (χ3n) is 3.98. The number of carbonyl (C=O) groups is 1. The van der Waals surface area contributed by atoms with Crippen LogP contribution >= 0.6 is 11.6 Å². The van der Waals surface area contributed by atoms with Crippen molar-refractivity contribution in [2.45, 2.75) is 25.3 Å². The minimum absolute atomic E-state index is 0.0330. The van der Waals surface area contributed by atoms with Crippen LogP contribution in [0.1, 0.15) is 29.8 Å². The number of hydrogen-bond acceptors (Lipinski definition) is 4. The van der Waals surface area contributed by atoms with E-state index in [9.17, 15) is 4.79 Å². The molecule has 2 fully saturated rings. The van der Waals surface area contributed by atoms with Crippen LogP contribution in [-0.4, -0.2) is 58.1 Å². The summed E-state index contributed by atoms with van der Waals surface area (Å²) in [6.07, 6.45) is 3.74. The van der Waals surface area contributed by atoms with Gasteiger partial charge in [-0.3, -0.25) is 9.69 Å². The zero-order valence-electron chi connectivity index (χ0n) is 10.8. The predicted molar refractivity (Wildman–Crippen MR) is 72.2 cm³/mol. The molecule has 6 heteroatoms. The molecule has 2 aliphatic rings. The van der Waals surface area contributed by atoms with Gasteiger partial charge in [0.15, 0.2) is 10.8 Å². The maximum absolute atomic E-state index is 12.3. The Morgan fingerprint density at radius 3 is 2.89 bits per heavy atom. The second-order valence-corrected chi connectivity index (χ2v) is 5.57. The van der Waals surface area contributed by atoms with Gasteiger partial charge in [-0.15, -0.1) is 10.2 Å². The number of rotatable bonds is 1. The van der Waals surface area contributed by atoms with Gasteiger partial charge in [0, 0.05) is 25.7 Å². The van der Waals surface area contributed by atoms with E-state index >= 15 is 0 Å². The molecule has 2 aliphatic heterocycles. The fourth-order valence-electron chi connectivity index (χ4n) is 2.93. The Morgan fingerprint density at radius 2 is 2.11 bits per heavy atom. The van der Waals surface area contributed by atoms with E-state index in [0.717, 1.165) is 19.6 Å². The Bertz CT molecular complexity index is 464. The average molecular weight is 281 g/mol. The molecule has 1 aromatic rings. The monoisotopic (exact) mass is 280 g/mol. The largest absolute Gasteiger partial charge is 0.334 e. The molecule has 3 heterocycles. The van der Waals surface area contributed by atoms with Crippen LogP contribution in [0.3, 0.4) is 0 Å². The van der Waals surface area contributed by atoms with E-state index < -0.39 is 0 Å². The molecule has 0 aromatic carbocycles. The average Bonchev–Trinajstić information content (AvgIpc) is 2.47. The first-order valence-corrected chi connectivity index (χ1v) is 7.14. The summed E-state index contributed by atoms with van der Waals surface area (Å²) in [4.78, 5) is 16.7. The lowest BCUT2D eigenvalue weighted by molar-refractivity contribution is 0.0367. The minimum Gasteiger partial charge on any atom is -0.334 e. The molecule has 3 rings (SSSR count). The highest BCUT2D eigenvalue weighted by Crippen LogP contribution is 2.21. The molecule has 0 spiro atoms. The molecule has 1 unspecified atom stereocenters. The zero-order valence-corrected chi connectivity index (χ0v) is 11.5. The van der Waals surface area contributed by atoms with E-state index in [1.807, 2.05) is 4.90 Å². The molecule has 102 valence electrons. The first-order valence-electron chi connectivity index (χ1n) is 6.76. The van der Waals surface area contributed by atoms with Gasteiger partial charge in [0.05, 0.1) is 0 Å². The van der Waals surface area contributed by atoms with Crippen LogP contribution in [0.5, 0.6) is 0 Å². The predicted octanol–water partition coefficient (Wildman–Crippen LogP) is 1.44. The van der Waals surface area contributed by atoms with Gasteiger partial charge in [0.25, 0.3) is 5.91 Å². The van der Waals surface area contributed by atoms with Gasteiger partial charge >= 0.3 is 0 Å². The molecule has 19 heavy (non-hydrogen) atoms. The number of halogens is 1. The van der Waals surface area contributed by atoms with E-state index in [2.05, 4.69) is 15.1 Å². The summed E-state index contributed by atoms with van der Waals surface area (Å²) in [6, 6.07) is 3.77. The first kappa shape index (κ1) is 12.8. The standard InChI is InChI=1S/C13H17ClN4O/c14-12-5-4-11(15-16-12)13(19)18-8-7-17-6-2-1-3-10(17)9-18/h4-5,10H,1-3,6-9H2. The van der Waals surface area contributed by atoms with Gasteiger partial charge in [-0.1, -0.05) is 18.0 Å². The SMILES string of the molecule is O=C(c1ccc(Cl)nn1)N1CCN2CCCCC2C1. The third-order valence-corrected chi connectivity index (χ3v) is 4.18. The summed E-state index contributed by atoms with van der Waals surface area (Å²) >= 11 is 5.69. The molecule has 1 atom stereocenters. The number of fused-ring (bicyclic) bond motifs is 1. The Hall–Kier alpha value is -1.20. The van der Waals surface area contributed by atoms with Crippen LogP contribution in [0.15, 0.2) is 12.1 Å². The summed E-state index contributed by atoms with van der Waals surface area (Å²) in [6.45, 7) is 3.73. The van der Waals surface area contributed by atoms with Gasteiger partial charge in [0.1, 0.15) is 0 Å². The Morgan fingerprint density at radius 1 is 1.21 bits per heavy atom. The number of piperazine rings is 1. The highest BCUT2D eigenvalue weighted by molar-refractivity contribution is 6.29. The number of nitrogens with zero attached hydrogens (tertiary/aromatic N) is 4. The van der Waals surface area contributed by atoms with Crippen LogP contribution in [0, 0.1) is 0 Å². The van der Waals surface area contributed by atoms with Gasteiger partial charge in [-0.05, 0) is 31.5 Å². The second-order valence-electron chi connectivity index (χ2n) is 5.18. The molecule has 0 aliphatic carbocycles. The first-order chi connectivity index (χ1) is 9.24. The summed E-state index contributed by atoms with van der Waals surface area (Å²) < 4.78 is 0. The second kappa shape index (κ2) is 5.43. The van der Waals surface area contributed by atoms with E-state index in [4.69, 9.17) is 11.6 Å². The van der Waals surface area contributed by atoms with Crippen molar-refractivity contribution in [1.29, 1.82) is 0 Å². The van der Waals surface area contributed by atoms with E-state index in [1.54, 1.807) is 12.1 Å². The van der Waals surface area contributed by atoms with Crippen LogP contribution in [-0.2, 0) is 0 Å². The number of piperidine rings is 1. The van der Waals surface area contributed by atoms with E-state index in [0.29, 0.717) is 16.9 Å². The van der Waals surface area contributed by atoms with Crippen molar-refractivity contribution < 1.29 is 4.79 Å². The summed E-state index contributed by atoms with van der Waals surface area (Å²) in [7, 11) is 0. The van der Waals surface area contributed by atoms with Crippen LogP contribution < -0.4 is 0 Å². The van der Waals surface area contributed by atoms with Crippen molar-refractivity contribution >= 4 is 17.5 Å². The van der Waals surface area contributed by atoms with Crippen molar-refractivity contribution in [3.63, 3.8) is 0 Å². The Labute approximate surface area is 117 Å². The minimum atomic E-state index is -0.0330. The fraction of sp³-hybridized carbons (Fsp3) is 0.615. The van der Waals surface area contributed by atoms with Crippen molar-refractivity contribution in [2.24, 2.45) is 0 Å². The van der Waals surface area contributed by atoms with Gasteiger partial charge in [-0.2, -0.15) is 0 Å². The maximum Gasteiger partial charge on any atom is 0.274 e. The molecule has 0 radical (unpaired) electrons. The number of hydrogen-bond donors (Lipinski definition) is 0. The Kier molecular flexibility index (Phi) is 3.66. The number of aromatic nitrogens is 2. The summed E-state index contributed by atoms with van der Waals surface area (Å²) in [5, 5.41) is 7.92. The molecule has 0 bridgehead atoms. The molecular weight excluding hydrogens is 264 g/mol. The van der Waals surface area contributed by atoms with E-state index in [1.165, 1.54) is 25.8 Å². The molecule has 0 saturated carbocycles. The molecular formula is C13H17ClN4O. The van der Waals surface area contributed by atoms with Crippen molar-refractivity contribution in [3.8, 4) is 0 Å². The third kappa shape index (κ3) is 2.72. The number of amides is 1. The van der Waals surface area contributed by atoms with Gasteiger partial charge in [-0.25, -0.2) is 0 Å². The zero-order chi connectivity index (χ0) is 13.2. The van der Waals surface area contributed by atoms with Gasteiger partial charge in [0.2, 0.25) is 0 Å². The topological polar surface area (TPSA) is 49.3 Å². The lowest BCUT2D eigenvalue weighted by Crippen LogP contribution is -2.56. The van der Waals surface area contributed by atoms with Crippen LogP contribution in [0.4, 0.5) is 0 Å². The lowest BCUT2D eigenvalue weighted by atomic mass is 9.99. The lowest BCUT2D eigenvalue weighted by Gasteiger charge is -2.43. The highest BCUT2D eigenvalue weighted by atomic mass is 35.5. The van der Waals surface area contributed by atoms with Gasteiger partial charge < -0.3 is 4.90 Å². The normalized spacial score (nSPS) is 24.1. The Balaban J connectivity index is 1.69. The van der Waals surface area contributed by atoms with Crippen LogP contribution in [0.25, 0.3) is 0 Å². The molecule has 0 N–H and O–H groups in total. The summed E-state index contributed by atoms with van der Waals surface area (Å²) in [5.74, 6) is -0.0330. The fourth-order valence-corrected chi connectivity index (χ4v) is 3.03. The highest BCUT2D eigenvalue weighted by Gasteiger charge is 2.31. The molecule has 1 amide bonds. The maximum atomic E-state index is 12.3. The number of carbonyl (C=O) groups excluding carboxylic acids is 1. The van der Waals surface area contributed by atoms with Crippen molar-refractivity contribution in [3.05, 3.63) is 23.0 Å². The molecule has 1 aromatic heterocycles. The van der Waals surface area contributed by atoms with Crippen molar-refractivity contribution in [1.82, 2.24) is 20.0 Å². The summed E-state index contributed by atoms with van der Waals surface area (Å²) in [5.41, 5.74) is 0.383. The molecule has 5 nitrogen and oxygen atoms in total. The molecule has 2 saturated heterocycles. The van der Waals surface area contributed by atoms with Crippen LogP contribution in [0.2, 0.25) is 5.15 Å². The smallest absolute Gasteiger partial charge is 0.274 e. The van der Waals surface area contributed by atoms with Crippen molar-refractivity contribution in [2.75, 3.05) is 26.2 Å². The van der Waals surface area contributed by atoms with E-state index in [-0.39, 0.29) is 5.91 Å². The quantitative estimate of drug-likeness (QED) is 0.781.